The van der Waals surface area contributed by atoms with Crippen LogP contribution in [0.15, 0.2) is 11.6 Å². The maximum absolute atomic E-state index is 12.1. The summed E-state index contributed by atoms with van der Waals surface area (Å²) in [5.74, 6) is 0.230. The number of carbonyl (C=O) groups excluding carboxylic acids is 2. The van der Waals surface area contributed by atoms with Gasteiger partial charge in [0.25, 0.3) is 0 Å². The number of rotatable bonds is 7. The molecule has 0 amide bonds. The third-order valence-corrected chi connectivity index (χ3v) is 4.53. The van der Waals surface area contributed by atoms with Crippen LogP contribution in [0.1, 0.15) is 46.8 Å². The highest BCUT2D eigenvalue weighted by Crippen LogP contribution is 2.41. The number of ether oxygens (including phenoxy) is 3. The number of benzene rings is 1. The molecule has 2 rings (SSSR count). The number of allylic oxidation sites excluding steroid dienone is 2. The predicted molar refractivity (Wildman–Crippen MR) is 95.1 cm³/mol. The summed E-state index contributed by atoms with van der Waals surface area (Å²) in [7, 11) is 4.80. The minimum atomic E-state index is -0.308. The second-order valence-corrected chi connectivity index (χ2v) is 6.02. The van der Waals surface area contributed by atoms with Crippen molar-refractivity contribution in [2.45, 2.75) is 39.7 Å². The van der Waals surface area contributed by atoms with Crippen molar-refractivity contribution < 1.29 is 23.8 Å². The van der Waals surface area contributed by atoms with Gasteiger partial charge in [0.15, 0.2) is 0 Å². The van der Waals surface area contributed by atoms with E-state index in [1.54, 1.807) is 14.2 Å². The number of esters is 2. The first-order valence-corrected chi connectivity index (χ1v) is 8.24. The monoisotopic (exact) mass is 347 g/mol. The number of hydrogen-bond acceptors (Lipinski definition) is 6. The van der Waals surface area contributed by atoms with Gasteiger partial charge in [-0.2, -0.15) is 0 Å². The van der Waals surface area contributed by atoms with Crippen LogP contribution < -0.4 is 10.1 Å². The van der Waals surface area contributed by atoms with Crippen molar-refractivity contribution >= 4 is 17.6 Å². The van der Waals surface area contributed by atoms with Gasteiger partial charge in [-0.3, -0.25) is 4.79 Å². The lowest BCUT2D eigenvalue weighted by Crippen LogP contribution is -2.08. The van der Waals surface area contributed by atoms with Crippen LogP contribution >= 0.6 is 0 Å². The van der Waals surface area contributed by atoms with Crippen LogP contribution in [0.3, 0.4) is 0 Å². The molecule has 0 aliphatic carbocycles. The molecule has 6 heteroatoms. The number of fused-ring (bicyclic) bond motifs is 1. The molecule has 0 spiro atoms. The van der Waals surface area contributed by atoms with Crippen molar-refractivity contribution in [1.29, 1.82) is 0 Å². The SMILES string of the molecule is CNc1c(CC=C(C)CCC(=O)OC)c(OC)c(C)c2c1C(=O)OC2. The number of hydrogen-bond donors (Lipinski definition) is 1. The zero-order valence-electron chi connectivity index (χ0n) is 15.4. The third-order valence-electron chi connectivity index (χ3n) is 4.53. The standard InChI is InChI=1S/C19H25NO5/c1-11(7-9-15(21)23-4)6-8-13-17(20-3)16-14(10-25-19(16)22)12(2)18(13)24-5/h6,20H,7-10H2,1-5H3. The molecule has 0 aromatic heterocycles. The van der Waals surface area contributed by atoms with E-state index in [1.807, 2.05) is 19.9 Å². The van der Waals surface area contributed by atoms with E-state index >= 15 is 0 Å². The zero-order valence-corrected chi connectivity index (χ0v) is 15.4. The quantitative estimate of drug-likeness (QED) is 0.603. The van der Waals surface area contributed by atoms with Gasteiger partial charge in [-0.25, -0.2) is 4.79 Å². The first-order valence-electron chi connectivity index (χ1n) is 8.24. The van der Waals surface area contributed by atoms with Gasteiger partial charge in [-0.15, -0.1) is 0 Å². The average Bonchev–Trinajstić information content (AvgIpc) is 3.00. The van der Waals surface area contributed by atoms with Crippen molar-refractivity contribution in [1.82, 2.24) is 0 Å². The molecule has 1 heterocycles. The van der Waals surface area contributed by atoms with Crippen LogP contribution in [0.5, 0.6) is 5.75 Å². The molecule has 1 aliphatic rings. The molecular formula is C19H25NO5. The number of carbonyl (C=O) groups is 2. The summed E-state index contributed by atoms with van der Waals surface area (Å²) in [6.07, 6.45) is 3.63. The summed E-state index contributed by atoms with van der Waals surface area (Å²) < 4.78 is 15.5. The van der Waals surface area contributed by atoms with Gasteiger partial charge in [0.1, 0.15) is 12.4 Å². The molecule has 0 saturated heterocycles. The van der Waals surface area contributed by atoms with E-state index in [4.69, 9.17) is 9.47 Å². The molecule has 0 fully saturated rings. The van der Waals surface area contributed by atoms with Crippen molar-refractivity contribution in [3.05, 3.63) is 33.9 Å². The molecule has 0 atom stereocenters. The summed E-state index contributed by atoms with van der Waals surface area (Å²) in [5, 5.41) is 3.13. The van der Waals surface area contributed by atoms with Crippen LogP contribution in [-0.4, -0.2) is 33.2 Å². The van der Waals surface area contributed by atoms with Crippen LogP contribution in [0.2, 0.25) is 0 Å². The first-order chi connectivity index (χ1) is 11.9. The lowest BCUT2D eigenvalue weighted by Gasteiger charge is -2.18. The fraction of sp³-hybridized carbons (Fsp3) is 0.474. The normalized spacial score (nSPS) is 13.3. The van der Waals surface area contributed by atoms with Crippen molar-refractivity contribution in [2.24, 2.45) is 0 Å². The smallest absolute Gasteiger partial charge is 0.341 e. The van der Waals surface area contributed by atoms with Crippen LogP contribution in [-0.2, 0) is 27.3 Å². The van der Waals surface area contributed by atoms with Crippen molar-refractivity contribution in [3.63, 3.8) is 0 Å². The molecule has 136 valence electrons. The fourth-order valence-electron chi connectivity index (χ4n) is 3.11. The average molecular weight is 347 g/mol. The highest BCUT2D eigenvalue weighted by molar-refractivity contribution is 6.01. The van der Waals surface area contributed by atoms with E-state index in [0.717, 1.165) is 33.7 Å². The molecule has 0 radical (unpaired) electrons. The first kappa shape index (κ1) is 18.8. The number of nitrogens with one attached hydrogen (secondary N) is 1. The molecule has 0 unspecified atom stereocenters. The molecule has 0 bridgehead atoms. The molecule has 6 nitrogen and oxygen atoms in total. The Morgan fingerprint density at radius 1 is 1.32 bits per heavy atom. The summed E-state index contributed by atoms with van der Waals surface area (Å²) >= 11 is 0. The Kier molecular flexibility index (Phi) is 6.07. The van der Waals surface area contributed by atoms with E-state index in [9.17, 15) is 9.59 Å². The lowest BCUT2D eigenvalue weighted by molar-refractivity contribution is -0.140. The molecule has 0 saturated carbocycles. The topological polar surface area (TPSA) is 73.9 Å². The Hall–Kier alpha value is -2.50. The van der Waals surface area contributed by atoms with Gasteiger partial charge in [-0.1, -0.05) is 11.6 Å². The number of cyclic esters (lactones) is 1. The van der Waals surface area contributed by atoms with Crippen molar-refractivity contribution in [3.8, 4) is 5.75 Å². The van der Waals surface area contributed by atoms with Crippen molar-refractivity contribution in [2.75, 3.05) is 26.6 Å². The predicted octanol–water partition coefficient (Wildman–Crippen LogP) is 3.16. The molecule has 1 aromatic carbocycles. The van der Waals surface area contributed by atoms with E-state index in [2.05, 4.69) is 10.1 Å². The van der Waals surface area contributed by atoms with Gasteiger partial charge in [0.2, 0.25) is 0 Å². The molecule has 1 aromatic rings. The molecular weight excluding hydrogens is 322 g/mol. The maximum Gasteiger partial charge on any atom is 0.341 e. The minimum absolute atomic E-state index is 0.225. The van der Waals surface area contributed by atoms with Crippen LogP contribution in [0.4, 0.5) is 5.69 Å². The Morgan fingerprint density at radius 2 is 2.04 bits per heavy atom. The molecule has 1 N–H and O–H groups in total. The Bertz CT molecular complexity index is 721. The maximum atomic E-state index is 12.1. The summed E-state index contributed by atoms with van der Waals surface area (Å²) in [4.78, 5) is 23.4. The second kappa shape index (κ2) is 8.05. The van der Waals surface area contributed by atoms with E-state index < -0.39 is 0 Å². The highest BCUT2D eigenvalue weighted by atomic mass is 16.5. The minimum Gasteiger partial charge on any atom is -0.496 e. The van der Waals surface area contributed by atoms with Crippen LogP contribution in [0, 0.1) is 6.92 Å². The van der Waals surface area contributed by atoms with E-state index in [0.29, 0.717) is 24.8 Å². The van der Waals surface area contributed by atoms with E-state index in [-0.39, 0.29) is 18.5 Å². The van der Waals surface area contributed by atoms with Gasteiger partial charge in [0, 0.05) is 24.6 Å². The number of methoxy groups -OCH3 is 2. The highest BCUT2D eigenvalue weighted by Gasteiger charge is 2.31. The summed E-state index contributed by atoms with van der Waals surface area (Å²) in [6, 6.07) is 0. The van der Waals surface area contributed by atoms with Gasteiger partial charge in [0.05, 0.1) is 25.5 Å². The summed E-state index contributed by atoms with van der Waals surface area (Å²) in [5.41, 5.74) is 5.14. The summed E-state index contributed by atoms with van der Waals surface area (Å²) in [6.45, 7) is 4.19. The molecule has 1 aliphatic heterocycles. The van der Waals surface area contributed by atoms with Gasteiger partial charge < -0.3 is 19.5 Å². The number of anilines is 1. The van der Waals surface area contributed by atoms with E-state index in [1.165, 1.54) is 7.11 Å². The Balaban J connectivity index is 2.37. The Morgan fingerprint density at radius 3 is 2.64 bits per heavy atom. The third kappa shape index (κ3) is 3.78. The van der Waals surface area contributed by atoms with Crippen LogP contribution in [0.25, 0.3) is 0 Å². The van der Waals surface area contributed by atoms with Gasteiger partial charge >= 0.3 is 11.9 Å². The second-order valence-electron chi connectivity index (χ2n) is 6.02. The lowest BCUT2D eigenvalue weighted by atomic mass is 9.93. The van der Waals surface area contributed by atoms with Gasteiger partial charge in [-0.05, 0) is 32.3 Å². The molecule has 25 heavy (non-hydrogen) atoms. The zero-order chi connectivity index (χ0) is 18.6. The largest absolute Gasteiger partial charge is 0.496 e. The Labute approximate surface area is 148 Å². The fourth-order valence-corrected chi connectivity index (χ4v) is 3.11.